The summed E-state index contributed by atoms with van der Waals surface area (Å²) in [6, 6.07) is 4.28. The van der Waals surface area contributed by atoms with E-state index in [-0.39, 0.29) is 6.61 Å². The third-order valence-electron chi connectivity index (χ3n) is 1.63. The van der Waals surface area contributed by atoms with Gasteiger partial charge in [-0.3, -0.25) is 0 Å². The first-order chi connectivity index (χ1) is 6.89. The lowest BCUT2D eigenvalue weighted by atomic mass is 10.1. The molecule has 1 rings (SSSR count). The molecule has 6 heteroatoms. The van der Waals surface area contributed by atoms with Gasteiger partial charge in [0.1, 0.15) is 6.61 Å². The van der Waals surface area contributed by atoms with Crippen molar-refractivity contribution in [1.29, 1.82) is 0 Å². The number of rotatable bonds is 2. The fourth-order valence-corrected chi connectivity index (χ4v) is 0.985. The Morgan fingerprint density at radius 1 is 1.27 bits per heavy atom. The molecule has 0 aromatic heterocycles. The van der Waals surface area contributed by atoms with Crippen molar-refractivity contribution in [3.63, 3.8) is 0 Å². The Kier molecular flexibility index (Phi) is 3.57. The minimum Gasteiger partial charge on any atom is -0.449 e. The quantitative estimate of drug-likeness (QED) is 0.736. The lowest BCUT2D eigenvalue weighted by Crippen LogP contribution is -2.04. The molecule has 0 atom stereocenters. The monoisotopic (exact) mass is 238 g/mol. The predicted molar refractivity (Wildman–Crippen MR) is 47.5 cm³/mol. The summed E-state index contributed by atoms with van der Waals surface area (Å²) in [4.78, 5) is 10.2. The van der Waals surface area contributed by atoms with Gasteiger partial charge < -0.3 is 4.74 Å². The number of halogens is 4. The molecule has 15 heavy (non-hydrogen) atoms. The number of carbonyl (C=O) groups is 1. The van der Waals surface area contributed by atoms with Gasteiger partial charge in [-0.1, -0.05) is 12.1 Å². The molecule has 0 unspecified atom stereocenters. The van der Waals surface area contributed by atoms with E-state index in [0.717, 1.165) is 12.1 Å². The first-order valence-electron chi connectivity index (χ1n) is 3.88. The Morgan fingerprint density at radius 2 is 1.80 bits per heavy atom. The summed E-state index contributed by atoms with van der Waals surface area (Å²) in [6.45, 7) is -0.138. The number of benzene rings is 1. The van der Waals surface area contributed by atoms with Gasteiger partial charge in [0.2, 0.25) is 0 Å². The van der Waals surface area contributed by atoms with E-state index in [1.54, 1.807) is 0 Å². The van der Waals surface area contributed by atoms with Crippen LogP contribution in [-0.2, 0) is 17.5 Å². The molecule has 2 nitrogen and oxygen atoms in total. The first kappa shape index (κ1) is 11.8. The standard InChI is InChI=1S/C9H6ClF3O2/c10-8(14)15-5-6-1-3-7(4-2-6)9(11,12)13/h1-4H,5H2. The molecule has 1 aromatic carbocycles. The van der Waals surface area contributed by atoms with E-state index in [1.165, 1.54) is 12.1 Å². The van der Waals surface area contributed by atoms with E-state index in [9.17, 15) is 18.0 Å². The minimum atomic E-state index is -4.36. The molecule has 0 aliphatic carbocycles. The molecule has 82 valence electrons. The van der Waals surface area contributed by atoms with Gasteiger partial charge >= 0.3 is 11.6 Å². The molecular formula is C9H6ClF3O2. The van der Waals surface area contributed by atoms with E-state index in [0.29, 0.717) is 5.56 Å². The predicted octanol–water partition coefficient (Wildman–Crippen LogP) is 3.58. The number of hydrogen-bond donors (Lipinski definition) is 0. The maximum atomic E-state index is 12.1. The number of carbonyl (C=O) groups excluding carboxylic acids is 1. The highest BCUT2D eigenvalue weighted by atomic mass is 35.5. The normalized spacial score (nSPS) is 11.2. The Bertz CT molecular complexity index is 345. The molecule has 0 heterocycles. The highest BCUT2D eigenvalue weighted by Gasteiger charge is 2.29. The molecule has 0 bridgehead atoms. The second-order valence-electron chi connectivity index (χ2n) is 2.72. The summed E-state index contributed by atoms with van der Waals surface area (Å²) in [5, 5.41) is 0. The topological polar surface area (TPSA) is 26.3 Å². The second kappa shape index (κ2) is 4.53. The third kappa shape index (κ3) is 3.79. The molecule has 0 N–H and O–H groups in total. The van der Waals surface area contributed by atoms with E-state index >= 15 is 0 Å². The van der Waals surface area contributed by atoms with Crippen LogP contribution in [0.5, 0.6) is 0 Å². The SMILES string of the molecule is O=C(Cl)OCc1ccc(C(F)(F)F)cc1. The molecule has 1 aromatic rings. The highest BCUT2D eigenvalue weighted by Crippen LogP contribution is 2.29. The Balaban J connectivity index is 2.69. The van der Waals surface area contributed by atoms with Crippen LogP contribution in [0.4, 0.5) is 18.0 Å². The molecular weight excluding hydrogens is 233 g/mol. The van der Waals surface area contributed by atoms with Crippen LogP contribution in [-0.4, -0.2) is 5.43 Å². The summed E-state index contributed by atoms with van der Waals surface area (Å²) >= 11 is 4.89. The zero-order valence-electron chi connectivity index (χ0n) is 7.34. The van der Waals surface area contributed by atoms with Crippen LogP contribution >= 0.6 is 11.6 Å². The molecule has 0 aliphatic rings. The van der Waals surface area contributed by atoms with Crippen LogP contribution in [0.3, 0.4) is 0 Å². The number of ether oxygens (including phenoxy) is 1. The van der Waals surface area contributed by atoms with Crippen molar-refractivity contribution in [2.45, 2.75) is 12.8 Å². The lowest BCUT2D eigenvalue weighted by Gasteiger charge is -2.07. The number of alkyl halides is 3. The van der Waals surface area contributed by atoms with Crippen LogP contribution in [0.25, 0.3) is 0 Å². The maximum absolute atomic E-state index is 12.1. The summed E-state index contributed by atoms with van der Waals surface area (Å²) in [6.07, 6.45) is -4.36. The van der Waals surface area contributed by atoms with Crippen molar-refractivity contribution in [1.82, 2.24) is 0 Å². The maximum Gasteiger partial charge on any atom is 0.416 e. The molecule has 0 fully saturated rings. The molecule has 0 saturated heterocycles. The van der Waals surface area contributed by atoms with Crippen molar-refractivity contribution in [2.75, 3.05) is 0 Å². The Labute approximate surface area is 88.6 Å². The lowest BCUT2D eigenvalue weighted by molar-refractivity contribution is -0.137. The molecule has 0 amide bonds. The summed E-state index contributed by atoms with van der Waals surface area (Å²) in [5.41, 5.74) is -1.30. The molecule has 0 radical (unpaired) electrons. The fraction of sp³-hybridized carbons (Fsp3) is 0.222. The van der Waals surface area contributed by atoms with Crippen molar-refractivity contribution in [2.24, 2.45) is 0 Å². The van der Waals surface area contributed by atoms with E-state index in [1.807, 2.05) is 0 Å². The van der Waals surface area contributed by atoms with E-state index in [2.05, 4.69) is 4.74 Å². The zero-order chi connectivity index (χ0) is 11.5. The van der Waals surface area contributed by atoms with Gasteiger partial charge in [0.25, 0.3) is 0 Å². The van der Waals surface area contributed by atoms with Crippen LogP contribution in [0.2, 0.25) is 0 Å². The van der Waals surface area contributed by atoms with Crippen LogP contribution in [0.15, 0.2) is 24.3 Å². The summed E-state index contributed by atoms with van der Waals surface area (Å²) in [5.74, 6) is 0. The average Bonchev–Trinajstić information content (AvgIpc) is 2.14. The summed E-state index contributed by atoms with van der Waals surface area (Å²) in [7, 11) is 0. The van der Waals surface area contributed by atoms with Gasteiger partial charge in [-0.05, 0) is 17.7 Å². The fourth-order valence-electron chi connectivity index (χ4n) is 0.930. The van der Waals surface area contributed by atoms with Gasteiger partial charge in [0.05, 0.1) is 5.56 Å². The van der Waals surface area contributed by atoms with Gasteiger partial charge in [-0.15, -0.1) is 0 Å². The van der Waals surface area contributed by atoms with Crippen molar-refractivity contribution in [3.05, 3.63) is 35.4 Å². The van der Waals surface area contributed by atoms with E-state index in [4.69, 9.17) is 11.6 Å². The van der Waals surface area contributed by atoms with Crippen molar-refractivity contribution < 1.29 is 22.7 Å². The average molecular weight is 239 g/mol. The second-order valence-corrected chi connectivity index (χ2v) is 3.03. The molecule has 0 aliphatic heterocycles. The van der Waals surface area contributed by atoms with Crippen LogP contribution < -0.4 is 0 Å². The largest absolute Gasteiger partial charge is 0.449 e. The van der Waals surface area contributed by atoms with Crippen LogP contribution in [0.1, 0.15) is 11.1 Å². The van der Waals surface area contributed by atoms with Crippen LogP contribution in [0, 0.1) is 0 Å². The third-order valence-corrected chi connectivity index (χ3v) is 1.74. The zero-order valence-corrected chi connectivity index (χ0v) is 8.10. The van der Waals surface area contributed by atoms with Gasteiger partial charge in [0, 0.05) is 11.6 Å². The first-order valence-corrected chi connectivity index (χ1v) is 4.26. The Hall–Kier alpha value is -1.23. The number of hydrogen-bond acceptors (Lipinski definition) is 2. The van der Waals surface area contributed by atoms with Gasteiger partial charge in [-0.2, -0.15) is 13.2 Å². The Morgan fingerprint density at radius 3 is 2.20 bits per heavy atom. The van der Waals surface area contributed by atoms with Gasteiger partial charge in [0.15, 0.2) is 0 Å². The molecule has 0 saturated carbocycles. The highest BCUT2D eigenvalue weighted by molar-refractivity contribution is 6.61. The minimum absolute atomic E-state index is 0.138. The van der Waals surface area contributed by atoms with Crippen molar-refractivity contribution >= 4 is 17.0 Å². The molecule has 0 spiro atoms. The summed E-state index contributed by atoms with van der Waals surface area (Å²) < 4.78 is 40.8. The van der Waals surface area contributed by atoms with E-state index < -0.39 is 17.2 Å². The smallest absolute Gasteiger partial charge is 0.416 e. The van der Waals surface area contributed by atoms with Gasteiger partial charge in [-0.25, -0.2) is 4.79 Å². The van der Waals surface area contributed by atoms with Crippen molar-refractivity contribution in [3.8, 4) is 0 Å².